The molecule has 0 saturated heterocycles. The Hall–Kier alpha value is -0.590. The molecule has 17 heavy (non-hydrogen) atoms. The van der Waals surface area contributed by atoms with Crippen LogP contribution in [0, 0.1) is 0 Å². The monoisotopic (exact) mass is 339 g/mol. The zero-order valence-electron chi connectivity index (χ0n) is 9.04. The van der Waals surface area contributed by atoms with E-state index < -0.39 is 9.05 Å². The third-order valence-corrected chi connectivity index (χ3v) is 4.04. The lowest BCUT2D eigenvalue weighted by Crippen LogP contribution is -2.24. The van der Waals surface area contributed by atoms with E-state index in [1.54, 1.807) is 0 Å². The van der Waals surface area contributed by atoms with Crippen LogP contribution in [-0.4, -0.2) is 20.9 Å². The number of carbonyl (C=O) groups excluding carboxylic acids is 1. The van der Waals surface area contributed by atoms with Gasteiger partial charge >= 0.3 is 0 Å². The first-order valence-electron chi connectivity index (χ1n) is 4.88. The number of hydrogen-bond acceptors (Lipinski definition) is 3. The molecule has 1 rings (SSSR count). The van der Waals surface area contributed by atoms with E-state index in [9.17, 15) is 13.2 Å². The van der Waals surface area contributed by atoms with E-state index in [1.165, 1.54) is 18.2 Å². The fraction of sp³-hybridized carbons (Fsp3) is 0.300. The Balaban J connectivity index is 3.11. The van der Waals surface area contributed by atoms with Crippen LogP contribution in [0.5, 0.6) is 0 Å². The Bertz CT molecular complexity index is 530. The van der Waals surface area contributed by atoms with Gasteiger partial charge in [-0.05, 0) is 40.5 Å². The van der Waals surface area contributed by atoms with Gasteiger partial charge in [0.05, 0.1) is 10.5 Å². The van der Waals surface area contributed by atoms with E-state index in [4.69, 9.17) is 10.7 Å². The highest BCUT2D eigenvalue weighted by molar-refractivity contribution is 9.10. The first-order valence-corrected chi connectivity index (χ1v) is 7.99. The third kappa shape index (κ3) is 3.97. The maximum atomic E-state index is 11.7. The van der Waals surface area contributed by atoms with Crippen molar-refractivity contribution in [1.29, 1.82) is 0 Å². The van der Waals surface area contributed by atoms with Crippen LogP contribution < -0.4 is 5.32 Å². The number of carbonyl (C=O) groups is 1. The third-order valence-electron chi connectivity index (χ3n) is 2.00. The van der Waals surface area contributed by atoms with Crippen molar-refractivity contribution in [3.8, 4) is 0 Å². The van der Waals surface area contributed by atoms with Gasteiger partial charge in [-0.25, -0.2) is 8.42 Å². The zero-order chi connectivity index (χ0) is 13.1. The molecular formula is C10H11BrClNO3S. The van der Waals surface area contributed by atoms with Crippen LogP contribution in [0.15, 0.2) is 27.6 Å². The summed E-state index contributed by atoms with van der Waals surface area (Å²) in [6.45, 7) is 2.46. The molecule has 0 spiro atoms. The van der Waals surface area contributed by atoms with Crippen LogP contribution in [0.25, 0.3) is 0 Å². The molecule has 1 N–H and O–H groups in total. The molecule has 0 aliphatic carbocycles. The molecule has 0 saturated carbocycles. The van der Waals surface area contributed by atoms with Crippen LogP contribution in [0.3, 0.4) is 0 Å². The summed E-state index contributed by atoms with van der Waals surface area (Å²) in [6, 6.07) is 4.07. The predicted octanol–water partition coefficient (Wildman–Crippen LogP) is 2.52. The minimum absolute atomic E-state index is 0.0935. The van der Waals surface area contributed by atoms with Gasteiger partial charge in [-0.2, -0.15) is 0 Å². The molecule has 1 amide bonds. The Morgan fingerprint density at radius 3 is 2.65 bits per heavy atom. The topological polar surface area (TPSA) is 63.2 Å². The molecule has 1 aromatic rings. The van der Waals surface area contributed by atoms with Gasteiger partial charge in [-0.3, -0.25) is 4.79 Å². The van der Waals surface area contributed by atoms with Crippen LogP contribution in [0.4, 0.5) is 0 Å². The number of benzene rings is 1. The number of hydrogen-bond donors (Lipinski definition) is 1. The van der Waals surface area contributed by atoms with Crippen molar-refractivity contribution in [3.63, 3.8) is 0 Å². The minimum Gasteiger partial charge on any atom is -0.352 e. The van der Waals surface area contributed by atoms with Crippen molar-refractivity contribution in [2.45, 2.75) is 18.2 Å². The van der Waals surface area contributed by atoms with Crippen LogP contribution in [-0.2, 0) is 9.05 Å². The van der Waals surface area contributed by atoms with Gasteiger partial charge in [-0.15, -0.1) is 0 Å². The van der Waals surface area contributed by atoms with Crippen molar-refractivity contribution >= 4 is 41.6 Å². The maximum absolute atomic E-state index is 11.7. The Morgan fingerprint density at radius 1 is 1.47 bits per heavy atom. The highest BCUT2D eigenvalue weighted by Gasteiger charge is 2.16. The van der Waals surface area contributed by atoms with Gasteiger partial charge in [0.15, 0.2) is 0 Å². The molecule has 1 aromatic carbocycles. The van der Waals surface area contributed by atoms with E-state index in [1.807, 2.05) is 6.92 Å². The summed E-state index contributed by atoms with van der Waals surface area (Å²) in [6.07, 6.45) is 0.802. The molecule has 0 aliphatic heterocycles. The molecule has 0 atom stereocenters. The highest BCUT2D eigenvalue weighted by Crippen LogP contribution is 2.23. The minimum atomic E-state index is -3.82. The maximum Gasteiger partial charge on any atom is 0.261 e. The lowest BCUT2D eigenvalue weighted by molar-refractivity contribution is 0.0952. The van der Waals surface area contributed by atoms with Gasteiger partial charge in [0.2, 0.25) is 0 Å². The van der Waals surface area contributed by atoms with E-state index in [-0.39, 0.29) is 16.4 Å². The second-order valence-corrected chi connectivity index (χ2v) is 6.76. The highest BCUT2D eigenvalue weighted by atomic mass is 79.9. The fourth-order valence-corrected chi connectivity index (χ4v) is 2.37. The Morgan fingerprint density at radius 2 is 2.12 bits per heavy atom. The van der Waals surface area contributed by atoms with E-state index in [2.05, 4.69) is 21.2 Å². The van der Waals surface area contributed by atoms with E-state index in [0.717, 1.165) is 6.42 Å². The normalized spacial score (nSPS) is 11.2. The lowest BCUT2D eigenvalue weighted by Gasteiger charge is -2.06. The summed E-state index contributed by atoms with van der Waals surface area (Å²) in [7, 11) is 1.39. The lowest BCUT2D eigenvalue weighted by atomic mass is 10.2. The molecule has 0 bridgehead atoms. The second-order valence-electron chi connectivity index (χ2n) is 3.34. The summed E-state index contributed by atoms with van der Waals surface area (Å²) >= 11 is 3.19. The molecular weight excluding hydrogens is 330 g/mol. The summed E-state index contributed by atoms with van der Waals surface area (Å²) in [5, 5.41) is 2.66. The van der Waals surface area contributed by atoms with Crippen molar-refractivity contribution in [2.75, 3.05) is 6.54 Å². The summed E-state index contributed by atoms with van der Waals surface area (Å²) in [5.74, 6) is -0.333. The van der Waals surface area contributed by atoms with Gasteiger partial charge in [0.25, 0.3) is 15.0 Å². The molecule has 7 heteroatoms. The molecule has 0 aliphatic rings. The average molecular weight is 341 g/mol. The molecule has 0 unspecified atom stereocenters. The molecule has 0 fully saturated rings. The number of nitrogens with one attached hydrogen (secondary N) is 1. The number of rotatable bonds is 4. The number of amides is 1. The van der Waals surface area contributed by atoms with Crippen LogP contribution in [0.2, 0.25) is 0 Å². The van der Waals surface area contributed by atoms with E-state index >= 15 is 0 Å². The molecule has 0 radical (unpaired) electrons. The number of halogens is 2. The van der Waals surface area contributed by atoms with Crippen molar-refractivity contribution < 1.29 is 13.2 Å². The van der Waals surface area contributed by atoms with Crippen molar-refractivity contribution in [1.82, 2.24) is 5.32 Å². The summed E-state index contributed by atoms with van der Waals surface area (Å²) in [4.78, 5) is 11.6. The zero-order valence-corrected chi connectivity index (χ0v) is 12.2. The molecule has 0 aromatic heterocycles. The molecule has 0 heterocycles. The van der Waals surface area contributed by atoms with Gasteiger partial charge < -0.3 is 5.32 Å². The van der Waals surface area contributed by atoms with E-state index in [0.29, 0.717) is 11.0 Å². The van der Waals surface area contributed by atoms with Gasteiger partial charge in [0, 0.05) is 21.7 Å². The Kier molecular flexibility index (Phi) is 4.97. The summed E-state index contributed by atoms with van der Waals surface area (Å²) < 4.78 is 22.8. The summed E-state index contributed by atoms with van der Waals surface area (Å²) in [5.41, 5.74) is 0.250. The van der Waals surface area contributed by atoms with Crippen molar-refractivity contribution in [3.05, 3.63) is 28.2 Å². The van der Waals surface area contributed by atoms with Gasteiger partial charge in [0.1, 0.15) is 0 Å². The first kappa shape index (κ1) is 14.5. The molecule has 94 valence electrons. The van der Waals surface area contributed by atoms with Crippen molar-refractivity contribution in [2.24, 2.45) is 0 Å². The second kappa shape index (κ2) is 5.84. The predicted molar refractivity (Wildman–Crippen MR) is 69.8 cm³/mol. The SMILES string of the molecule is CCCNC(=O)c1cc(S(=O)(=O)Cl)ccc1Br. The van der Waals surface area contributed by atoms with Gasteiger partial charge in [-0.1, -0.05) is 6.92 Å². The quantitative estimate of drug-likeness (QED) is 0.857. The Labute approximate surface area is 113 Å². The first-order chi connectivity index (χ1) is 7.86. The molecule has 4 nitrogen and oxygen atoms in total. The largest absolute Gasteiger partial charge is 0.352 e. The smallest absolute Gasteiger partial charge is 0.261 e. The fourth-order valence-electron chi connectivity index (χ4n) is 1.16. The average Bonchev–Trinajstić information content (AvgIpc) is 2.24. The standard InChI is InChI=1S/C10H11BrClNO3S/c1-2-5-13-10(14)8-6-7(17(12,15)16)3-4-9(8)11/h3-4,6H,2,5H2,1H3,(H,13,14). The van der Waals surface area contributed by atoms with Crippen LogP contribution >= 0.6 is 26.6 Å². The van der Waals surface area contributed by atoms with Crippen LogP contribution in [0.1, 0.15) is 23.7 Å².